The van der Waals surface area contributed by atoms with Crippen LogP contribution in [0.2, 0.25) is 0 Å². The molecule has 3 heterocycles. The van der Waals surface area contributed by atoms with Crippen LogP contribution in [-0.2, 0) is 9.59 Å². The first kappa shape index (κ1) is 16.1. The molecule has 2 aliphatic heterocycles. The van der Waals surface area contributed by atoms with Crippen LogP contribution in [0.5, 0.6) is 0 Å². The van der Waals surface area contributed by atoms with Crippen LogP contribution in [0.3, 0.4) is 0 Å². The van der Waals surface area contributed by atoms with Crippen molar-refractivity contribution < 1.29 is 14.0 Å². The molecule has 7 heteroatoms. The maximum Gasteiger partial charge on any atom is 0.249 e. The van der Waals surface area contributed by atoms with Crippen LogP contribution < -0.4 is 16.0 Å². The number of fused-ring (bicyclic) bond motifs is 1. The van der Waals surface area contributed by atoms with Gasteiger partial charge in [0.2, 0.25) is 11.8 Å². The van der Waals surface area contributed by atoms with E-state index in [0.29, 0.717) is 18.5 Å². The zero-order valence-corrected chi connectivity index (χ0v) is 13.9. The van der Waals surface area contributed by atoms with Gasteiger partial charge in [-0.3, -0.25) is 14.9 Å². The van der Waals surface area contributed by atoms with Crippen LogP contribution in [0.1, 0.15) is 31.7 Å². The number of halogens is 1. The second-order valence-corrected chi connectivity index (χ2v) is 6.93. The molecule has 0 radical (unpaired) electrons. The van der Waals surface area contributed by atoms with Gasteiger partial charge in [0.1, 0.15) is 11.9 Å². The lowest BCUT2D eigenvalue weighted by Crippen LogP contribution is -2.41. The molecule has 0 bridgehead atoms. The van der Waals surface area contributed by atoms with Crippen LogP contribution >= 0.6 is 0 Å². The summed E-state index contributed by atoms with van der Waals surface area (Å²) in [5.74, 6) is -0.805. The van der Waals surface area contributed by atoms with Crippen molar-refractivity contribution in [1.82, 2.24) is 9.88 Å². The Kier molecular flexibility index (Phi) is 3.95. The molecule has 2 aromatic rings. The third-order valence-corrected chi connectivity index (χ3v) is 5.18. The van der Waals surface area contributed by atoms with Crippen LogP contribution in [-0.4, -0.2) is 35.5 Å². The number of aromatic nitrogens is 1. The average molecular weight is 344 g/mol. The smallest absolute Gasteiger partial charge is 0.249 e. The van der Waals surface area contributed by atoms with E-state index in [2.05, 4.69) is 5.32 Å². The minimum Gasteiger partial charge on any atom is -0.369 e. The molecule has 1 aromatic heterocycles. The standard InChI is InChI=1S/C18H21FN4O2/c19-14-7-11-9-23(15-1-2-17(24)21-18(15)25)10-12(11)8-16(14)22-5-3-13(20)4-6-22/h7-10,13,15H,1-6,20H2,(H,21,24,25). The Morgan fingerprint density at radius 1 is 1.08 bits per heavy atom. The Balaban J connectivity index is 1.65. The number of nitrogens with one attached hydrogen (secondary N) is 1. The third kappa shape index (κ3) is 3.00. The number of nitrogens with two attached hydrogens (primary N) is 1. The summed E-state index contributed by atoms with van der Waals surface area (Å²) in [4.78, 5) is 25.4. The summed E-state index contributed by atoms with van der Waals surface area (Å²) in [5.41, 5.74) is 6.51. The molecule has 1 atom stereocenters. The number of carbonyl (C=O) groups is 2. The molecule has 6 nitrogen and oxygen atoms in total. The Bertz CT molecular complexity index is 839. The molecule has 0 saturated carbocycles. The first-order valence-electron chi connectivity index (χ1n) is 8.66. The van der Waals surface area contributed by atoms with Gasteiger partial charge >= 0.3 is 0 Å². The molecular formula is C18H21FN4O2. The van der Waals surface area contributed by atoms with E-state index in [-0.39, 0.29) is 23.7 Å². The number of anilines is 1. The highest BCUT2D eigenvalue weighted by molar-refractivity contribution is 5.99. The lowest BCUT2D eigenvalue weighted by molar-refractivity contribution is -0.135. The zero-order valence-electron chi connectivity index (χ0n) is 13.9. The van der Waals surface area contributed by atoms with Gasteiger partial charge in [-0.1, -0.05) is 0 Å². The summed E-state index contributed by atoms with van der Waals surface area (Å²) >= 11 is 0. The van der Waals surface area contributed by atoms with E-state index in [1.54, 1.807) is 10.8 Å². The average Bonchev–Trinajstić information content (AvgIpc) is 2.97. The normalized spacial score (nSPS) is 22.5. The van der Waals surface area contributed by atoms with E-state index < -0.39 is 6.04 Å². The van der Waals surface area contributed by atoms with Crippen molar-refractivity contribution >= 4 is 28.3 Å². The van der Waals surface area contributed by atoms with Crippen LogP contribution in [0.15, 0.2) is 24.5 Å². The molecule has 0 aliphatic carbocycles. The van der Waals surface area contributed by atoms with Crippen molar-refractivity contribution in [3.63, 3.8) is 0 Å². The van der Waals surface area contributed by atoms with Crippen molar-refractivity contribution in [3.8, 4) is 0 Å². The minimum absolute atomic E-state index is 0.191. The Morgan fingerprint density at radius 3 is 2.44 bits per heavy atom. The van der Waals surface area contributed by atoms with Crippen molar-refractivity contribution in [2.24, 2.45) is 5.73 Å². The molecule has 132 valence electrons. The van der Waals surface area contributed by atoms with Gasteiger partial charge in [-0.2, -0.15) is 0 Å². The molecule has 1 unspecified atom stereocenters. The molecular weight excluding hydrogens is 323 g/mol. The number of hydrogen-bond acceptors (Lipinski definition) is 4. The Morgan fingerprint density at radius 2 is 1.76 bits per heavy atom. The highest BCUT2D eigenvalue weighted by Gasteiger charge is 2.28. The van der Waals surface area contributed by atoms with Crippen molar-refractivity contribution in [1.29, 1.82) is 0 Å². The quantitative estimate of drug-likeness (QED) is 0.813. The monoisotopic (exact) mass is 344 g/mol. The van der Waals surface area contributed by atoms with Gasteiger partial charge in [-0.05, 0) is 31.4 Å². The second-order valence-electron chi connectivity index (χ2n) is 6.93. The summed E-state index contributed by atoms with van der Waals surface area (Å²) in [7, 11) is 0. The summed E-state index contributed by atoms with van der Waals surface area (Å²) in [6, 6.07) is 3.12. The number of hydrogen-bond donors (Lipinski definition) is 2. The largest absolute Gasteiger partial charge is 0.369 e. The lowest BCUT2D eigenvalue weighted by atomic mass is 10.0. The molecule has 2 fully saturated rings. The number of rotatable bonds is 2. The van der Waals surface area contributed by atoms with Gasteiger partial charge in [-0.15, -0.1) is 0 Å². The van der Waals surface area contributed by atoms with Gasteiger partial charge in [0.15, 0.2) is 0 Å². The molecule has 0 spiro atoms. The summed E-state index contributed by atoms with van der Waals surface area (Å²) in [6.07, 6.45) is 6.12. The van der Waals surface area contributed by atoms with E-state index in [0.717, 1.165) is 36.7 Å². The van der Waals surface area contributed by atoms with Gasteiger partial charge in [0.05, 0.1) is 5.69 Å². The minimum atomic E-state index is -0.426. The zero-order chi connectivity index (χ0) is 17.6. The van der Waals surface area contributed by atoms with Crippen molar-refractivity contribution in [2.75, 3.05) is 18.0 Å². The highest BCUT2D eigenvalue weighted by Crippen LogP contribution is 2.30. The summed E-state index contributed by atoms with van der Waals surface area (Å²) in [5, 5.41) is 3.99. The van der Waals surface area contributed by atoms with E-state index in [4.69, 9.17) is 5.73 Å². The van der Waals surface area contributed by atoms with Gasteiger partial charge < -0.3 is 15.2 Å². The number of carbonyl (C=O) groups excluding carboxylic acids is 2. The first-order valence-corrected chi connectivity index (χ1v) is 8.66. The molecule has 2 amide bonds. The first-order chi connectivity index (χ1) is 12.0. The molecule has 25 heavy (non-hydrogen) atoms. The number of imide groups is 1. The van der Waals surface area contributed by atoms with E-state index in [1.165, 1.54) is 6.07 Å². The molecule has 2 aliphatic rings. The maximum absolute atomic E-state index is 14.6. The Labute approximate surface area is 144 Å². The number of nitrogens with zero attached hydrogens (tertiary/aromatic N) is 2. The predicted molar refractivity (Wildman–Crippen MR) is 92.7 cm³/mol. The fourth-order valence-corrected chi connectivity index (χ4v) is 3.70. The predicted octanol–water partition coefficient (Wildman–Crippen LogP) is 1.69. The number of piperidine rings is 2. The maximum atomic E-state index is 14.6. The SMILES string of the molecule is NC1CCN(c2cc3cn(C4CCC(=O)NC4=O)cc3cc2F)CC1. The van der Waals surface area contributed by atoms with Crippen molar-refractivity contribution in [2.45, 2.75) is 37.8 Å². The molecule has 1 aromatic carbocycles. The van der Waals surface area contributed by atoms with Gasteiger partial charge in [0.25, 0.3) is 0 Å². The van der Waals surface area contributed by atoms with Crippen molar-refractivity contribution in [3.05, 3.63) is 30.3 Å². The van der Waals surface area contributed by atoms with E-state index in [9.17, 15) is 14.0 Å². The van der Waals surface area contributed by atoms with Crippen LogP contribution in [0.25, 0.3) is 10.8 Å². The molecule has 4 rings (SSSR count). The lowest BCUT2D eigenvalue weighted by Gasteiger charge is -2.32. The number of benzene rings is 1. The molecule has 2 saturated heterocycles. The van der Waals surface area contributed by atoms with Crippen LogP contribution in [0, 0.1) is 5.82 Å². The summed E-state index contributed by atoms with van der Waals surface area (Å²) < 4.78 is 16.4. The Hall–Kier alpha value is -2.41. The van der Waals surface area contributed by atoms with E-state index >= 15 is 0 Å². The fourth-order valence-electron chi connectivity index (χ4n) is 3.70. The highest BCUT2D eigenvalue weighted by atomic mass is 19.1. The van der Waals surface area contributed by atoms with E-state index in [1.807, 2.05) is 17.2 Å². The summed E-state index contributed by atoms with van der Waals surface area (Å²) in [6.45, 7) is 1.49. The van der Waals surface area contributed by atoms with Crippen LogP contribution in [0.4, 0.5) is 10.1 Å². The second kappa shape index (κ2) is 6.15. The number of amides is 2. The van der Waals surface area contributed by atoms with Gasteiger partial charge in [-0.25, -0.2) is 4.39 Å². The third-order valence-electron chi connectivity index (χ3n) is 5.18. The fraction of sp³-hybridized carbons (Fsp3) is 0.444. The van der Waals surface area contributed by atoms with Gasteiger partial charge in [0, 0.05) is 48.7 Å². The topological polar surface area (TPSA) is 80.4 Å². The molecule has 3 N–H and O–H groups in total.